The second-order valence-corrected chi connectivity index (χ2v) is 7.82. The molecule has 0 saturated carbocycles. The molecule has 0 aromatic heterocycles. The first-order valence-electron chi connectivity index (χ1n) is 9.26. The van der Waals surface area contributed by atoms with E-state index in [1.54, 1.807) is 4.90 Å². The molecular weight excluding hydrogens is 334 g/mol. The van der Waals surface area contributed by atoms with Gasteiger partial charge in [-0.25, -0.2) is 4.79 Å². The zero-order chi connectivity index (χ0) is 18.7. The molecule has 7 heteroatoms. The lowest BCUT2D eigenvalue weighted by atomic mass is 10.1. The van der Waals surface area contributed by atoms with E-state index in [-0.39, 0.29) is 12.1 Å². The van der Waals surface area contributed by atoms with Gasteiger partial charge in [-0.3, -0.25) is 0 Å². The van der Waals surface area contributed by atoms with Crippen LogP contribution in [-0.4, -0.2) is 48.9 Å². The maximum atomic E-state index is 12.5. The molecule has 1 atom stereocenters. The van der Waals surface area contributed by atoms with Gasteiger partial charge < -0.3 is 30.2 Å². The van der Waals surface area contributed by atoms with Gasteiger partial charge in [0.1, 0.15) is 24.5 Å². The lowest BCUT2D eigenvalue weighted by molar-refractivity contribution is 0.0252. The molecule has 7 nitrogen and oxygen atoms in total. The van der Waals surface area contributed by atoms with Crippen LogP contribution in [0.3, 0.4) is 0 Å². The number of anilines is 2. The lowest BCUT2D eigenvalue weighted by Crippen LogP contribution is -2.42. The standard InChI is InChI=1S/C19H29N3O4/c1-19(2,3)26-18(23)22-9-5-4-6-13(12-22)21-16-14(20)7-8-15-17(16)25-11-10-24-15/h7-8,13,21H,4-6,9-12,20H2,1-3H3. The van der Waals surface area contributed by atoms with Crippen molar-refractivity contribution in [2.24, 2.45) is 0 Å². The van der Waals surface area contributed by atoms with Crippen LogP contribution in [0.1, 0.15) is 40.0 Å². The summed E-state index contributed by atoms with van der Waals surface area (Å²) in [5.41, 5.74) is 7.04. The first-order valence-corrected chi connectivity index (χ1v) is 9.26. The van der Waals surface area contributed by atoms with Crippen LogP contribution in [0.25, 0.3) is 0 Å². The molecule has 1 unspecified atom stereocenters. The van der Waals surface area contributed by atoms with Gasteiger partial charge in [0.15, 0.2) is 11.5 Å². The number of nitrogen functional groups attached to an aromatic ring is 1. The molecule has 1 amide bonds. The number of nitrogens with zero attached hydrogens (tertiary/aromatic N) is 1. The highest BCUT2D eigenvalue weighted by atomic mass is 16.6. The molecule has 0 aliphatic carbocycles. The van der Waals surface area contributed by atoms with Gasteiger partial charge in [-0.15, -0.1) is 0 Å². The van der Waals surface area contributed by atoms with Crippen molar-refractivity contribution < 1.29 is 19.0 Å². The summed E-state index contributed by atoms with van der Waals surface area (Å²) in [6.07, 6.45) is 2.67. The van der Waals surface area contributed by atoms with E-state index >= 15 is 0 Å². The van der Waals surface area contributed by atoms with Crippen LogP contribution in [0.15, 0.2) is 12.1 Å². The average Bonchev–Trinajstić information content (AvgIpc) is 2.82. The van der Waals surface area contributed by atoms with Crippen LogP contribution in [0.5, 0.6) is 11.5 Å². The molecule has 3 rings (SSSR count). The highest BCUT2D eigenvalue weighted by Gasteiger charge is 2.28. The number of benzene rings is 1. The van der Waals surface area contributed by atoms with Crippen molar-refractivity contribution in [3.05, 3.63) is 12.1 Å². The van der Waals surface area contributed by atoms with E-state index in [0.29, 0.717) is 43.5 Å². The zero-order valence-corrected chi connectivity index (χ0v) is 15.8. The van der Waals surface area contributed by atoms with Crippen molar-refractivity contribution in [1.82, 2.24) is 4.90 Å². The maximum Gasteiger partial charge on any atom is 0.410 e. The molecule has 1 aromatic carbocycles. The van der Waals surface area contributed by atoms with Crippen molar-refractivity contribution in [2.45, 2.75) is 51.7 Å². The second kappa shape index (κ2) is 7.51. The van der Waals surface area contributed by atoms with Crippen LogP contribution < -0.4 is 20.5 Å². The third-order valence-electron chi connectivity index (χ3n) is 4.41. The summed E-state index contributed by atoms with van der Waals surface area (Å²) in [7, 11) is 0. The molecule has 144 valence electrons. The Hall–Kier alpha value is -2.31. The van der Waals surface area contributed by atoms with E-state index in [1.165, 1.54) is 0 Å². The van der Waals surface area contributed by atoms with E-state index in [4.69, 9.17) is 19.9 Å². The Morgan fingerprint density at radius 3 is 2.81 bits per heavy atom. The molecule has 26 heavy (non-hydrogen) atoms. The van der Waals surface area contributed by atoms with Crippen molar-refractivity contribution >= 4 is 17.5 Å². The third-order valence-corrected chi connectivity index (χ3v) is 4.41. The number of carbonyl (C=O) groups excluding carboxylic acids is 1. The molecule has 2 aliphatic heterocycles. The molecule has 1 fully saturated rings. The van der Waals surface area contributed by atoms with E-state index in [2.05, 4.69) is 5.32 Å². The largest absolute Gasteiger partial charge is 0.486 e. The first-order chi connectivity index (χ1) is 12.3. The van der Waals surface area contributed by atoms with Crippen LogP contribution in [0, 0.1) is 0 Å². The van der Waals surface area contributed by atoms with Gasteiger partial charge in [0.25, 0.3) is 0 Å². The molecule has 3 N–H and O–H groups in total. The van der Waals surface area contributed by atoms with Gasteiger partial charge in [-0.1, -0.05) is 0 Å². The number of likely N-dealkylation sites (tertiary alicyclic amines) is 1. The maximum absolute atomic E-state index is 12.5. The van der Waals surface area contributed by atoms with Gasteiger partial charge in [0.05, 0.1) is 5.69 Å². The fraction of sp³-hybridized carbons (Fsp3) is 0.632. The van der Waals surface area contributed by atoms with Gasteiger partial charge in [-0.2, -0.15) is 0 Å². The van der Waals surface area contributed by atoms with E-state index in [9.17, 15) is 4.79 Å². The predicted molar refractivity (Wildman–Crippen MR) is 101 cm³/mol. The summed E-state index contributed by atoms with van der Waals surface area (Å²) in [5, 5.41) is 3.49. The fourth-order valence-corrected chi connectivity index (χ4v) is 3.24. The smallest absolute Gasteiger partial charge is 0.410 e. The number of carbonyl (C=O) groups is 1. The summed E-state index contributed by atoms with van der Waals surface area (Å²) in [4.78, 5) is 14.2. The van der Waals surface area contributed by atoms with Crippen LogP contribution in [0.4, 0.5) is 16.2 Å². The minimum absolute atomic E-state index is 0.0735. The minimum Gasteiger partial charge on any atom is -0.486 e. The van der Waals surface area contributed by atoms with Crippen molar-refractivity contribution in [3.63, 3.8) is 0 Å². The molecule has 1 saturated heterocycles. The van der Waals surface area contributed by atoms with Gasteiger partial charge in [0, 0.05) is 19.1 Å². The summed E-state index contributed by atoms with van der Waals surface area (Å²) in [5.74, 6) is 1.36. The Kier molecular flexibility index (Phi) is 5.34. The molecule has 2 heterocycles. The van der Waals surface area contributed by atoms with E-state index in [0.717, 1.165) is 24.9 Å². The van der Waals surface area contributed by atoms with Crippen molar-refractivity contribution in [1.29, 1.82) is 0 Å². The monoisotopic (exact) mass is 363 g/mol. The molecule has 0 bridgehead atoms. The number of hydrogen-bond donors (Lipinski definition) is 2. The second-order valence-electron chi connectivity index (χ2n) is 7.82. The van der Waals surface area contributed by atoms with Crippen molar-refractivity contribution in [2.75, 3.05) is 37.4 Å². The molecule has 2 aliphatic rings. The Labute approximate surface area is 154 Å². The number of rotatable bonds is 2. The van der Waals surface area contributed by atoms with Crippen LogP contribution in [-0.2, 0) is 4.74 Å². The summed E-state index contributed by atoms with van der Waals surface area (Å²) < 4.78 is 17.0. The molecule has 0 radical (unpaired) electrons. The van der Waals surface area contributed by atoms with Crippen LogP contribution in [0.2, 0.25) is 0 Å². The highest BCUT2D eigenvalue weighted by molar-refractivity contribution is 5.78. The zero-order valence-electron chi connectivity index (χ0n) is 15.8. The number of nitrogens with one attached hydrogen (secondary N) is 1. The topological polar surface area (TPSA) is 86.1 Å². The number of amides is 1. The first kappa shape index (κ1) is 18.5. The number of ether oxygens (including phenoxy) is 3. The Morgan fingerprint density at radius 2 is 2.04 bits per heavy atom. The summed E-state index contributed by atoms with van der Waals surface area (Å²) in [6.45, 7) is 7.95. The average molecular weight is 363 g/mol. The fourth-order valence-electron chi connectivity index (χ4n) is 3.24. The molecular formula is C19H29N3O4. The van der Waals surface area contributed by atoms with E-state index < -0.39 is 5.60 Å². The van der Waals surface area contributed by atoms with Gasteiger partial charge >= 0.3 is 6.09 Å². The SMILES string of the molecule is CC(C)(C)OC(=O)N1CCCCC(Nc2c(N)ccc3c2OCCO3)C1. The van der Waals surface area contributed by atoms with Crippen molar-refractivity contribution in [3.8, 4) is 11.5 Å². The number of hydrogen-bond acceptors (Lipinski definition) is 6. The minimum atomic E-state index is -0.500. The Balaban J connectivity index is 1.74. The Morgan fingerprint density at radius 1 is 1.27 bits per heavy atom. The third kappa shape index (κ3) is 4.45. The van der Waals surface area contributed by atoms with E-state index in [1.807, 2.05) is 32.9 Å². The molecule has 1 aromatic rings. The lowest BCUT2D eigenvalue weighted by Gasteiger charge is -2.30. The van der Waals surface area contributed by atoms with Gasteiger partial charge in [-0.05, 0) is 52.2 Å². The normalized spacial score (nSPS) is 20.3. The van der Waals surface area contributed by atoms with Gasteiger partial charge in [0.2, 0.25) is 0 Å². The number of nitrogens with two attached hydrogens (primary N) is 1. The Bertz CT molecular complexity index is 657. The molecule has 0 spiro atoms. The predicted octanol–water partition coefficient (Wildman–Crippen LogP) is 3.24. The van der Waals surface area contributed by atoms with Crippen LogP contribution >= 0.6 is 0 Å². The summed E-state index contributed by atoms with van der Waals surface area (Å²) in [6, 6.07) is 3.72. The quantitative estimate of drug-likeness (QED) is 0.785. The summed E-state index contributed by atoms with van der Waals surface area (Å²) >= 11 is 0. The number of fused-ring (bicyclic) bond motifs is 1. The highest BCUT2D eigenvalue weighted by Crippen LogP contribution is 2.42.